The molecule has 30 heavy (non-hydrogen) atoms. The summed E-state index contributed by atoms with van der Waals surface area (Å²) in [5.41, 5.74) is 2.01. The van der Waals surface area contributed by atoms with Crippen molar-refractivity contribution in [2.24, 2.45) is 0 Å². The van der Waals surface area contributed by atoms with Crippen molar-refractivity contribution in [3.63, 3.8) is 0 Å². The largest absolute Gasteiger partial charge is 0.365 e. The Hall–Kier alpha value is -2.05. The maximum atomic E-state index is 13.2. The van der Waals surface area contributed by atoms with Crippen molar-refractivity contribution < 1.29 is 0 Å². The first-order valence-corrected chi connectivity index (χ1v) is 11.0. The molecule has 1 atom stereocenters. The number of hydrogen-bond donors (Lipinski definition) is 1. The zero-order chi connectivity index (χ0) is 20.0. The molecule has 0 bridgehead atoms. The monoisotopic (exact) mass is 447 g/mol. The number of rotatable bonds is 5. The molecule has 1 N–H and O–H groups in total. The summed E-state index contributed by atoms with van der Waals surface area (Å²) in [6.07, 6.45) is 6.47. The van der Waals surface area contributed by atoms with Crippen LogP contribution in [0.2, 0.25) is 5.02 Å². The fourth-order valence-corrected chi connectivity index (χ4v) is 5.00. The van der Waals surface area contributed by atoms with Crippen LogP contribution in [0.3, 0.4) is 0 Å². The SMILES string of the molecule is CCCn1c2nc(C3CCCC3)nc-2c2n(c1=O)CC(Cc1cccc(Cl)c1)N2.Cl. The van der Waals surface area contributed by atoms with Gasteiger partial charge in [0.2, 0.25) is 0 Å². The van der Waals surface area contributed by atoms with E-state index in [4.69, 9.17) is 21.6 Å². The molecule has 6 nitrogen and oxygen atoms in total. The average molecular weight is 448 g/mol. The van der Waals surface area contributed by atoms with Crippen LogP contribution in [0.15, 0.2) is 29.1 Å². The first kappa shape index (κ1) is 21.2. The van der Waals surface area contributed by atoms with Gasteiger partial charge in [-0.05, 0) is 43.4 Å². The fourth-order valence-electron chi connectivity index (χ4n) is 4.79. The van der Waals surface area contributed by atoms with Crippen LogP contribution in [0.4, 0.5) is 5.82 Å². The van der Waals surface area contributed by atoms with Crippen molar-refractivity contribution in [2.45, 2.75) is 70.5 Å². The number of anilines is 1. The zero-order valence-corrected chi connectivity index (χ0v) is 18.7. The van der Waals surface area contributed by atoms with Crippen LogP contribution >= 0.6 is 24.0 Å². The maximum Gasteiger partial charge on any atom is 0.331 e. The van der Waals surface area contributed by atoms with Crippen molar-refractivity contribution in [3.05, 3.63) is 51.2 Å². The van der Waals surface area contributed by atoms with E-state index in [1.165, 1.54) is 12.8 Å². The van der Waals surface area contributed by atoms with Crippen LogP contribution in [0, 0.1) is 0 Å². The molecule has 3 aliphatic heterocycles. The van der Waals surface area contributed by atoms with E-state index in [1.807, 2.05) is 27.3 Å². The summed E-state index contributed by atoms with van der Waals surface area (Å²) in [6.45, 7) is 3.38. The van der Waals surface area contributed by atoms with E-state index in [2.05, 4.69) is 18.3 Å². The Kier molecular flexibility index (Phi) is 6.07. The molecule has 8 heteroatoms. The summed E-state index contributed by atoms with van der Waals surface area (Å²) in [4.78, 5) is 23.0. The van der Waals surface area contributed by atoms with E-state index in [-0.39, 0.29) is 24.1 Å². The number of nitrogens with zero attached hydrogens (tertiary/aromatic N) is 4. The molecule has 1 unspecified atom stereocenters. The van der Waals surface area contributed by atoms with Crippen LogP contribution in [0.25, 0.3) is 11.5 Å². The first-order chi connectivity index (χ1) is 14.1. The standard InChI is InChI=1S/C22H26ClN5O.ClH/c1-2-10-27-21-18(25-19(26-21)15-7-3-4-8-15)20-24-17(13-28(20)22(27)29)12-14-6-5-9-16(23)11-14;/h5-6,9,11,15,17,24H,2-4,7-8,10,12-13H2,1H3;1H. The van der Waals surface area contributed by atoms with Crippen LogP contribution < -0.4 is 11.0 Å². The van der Waals surface area contributed by atoms with Crippen LogP contribution in [0.1, 0.15) is 56.3 Å². The summed E-state index contributed by atoms with van der Waals surface area (Å²) in [7, 11) is 0. The summed E-state index contributed by atoms with van der Waals surface area (Å²) in [5.74, 6) is 2.90. The van der Waals surface area contributed by atoms with Crippen LogP contribution in [-0.2, 0) is 19.5 Å². The lowest BCUT2D eigenvalue weighted by molar-refractivity contribution is 0.560. The molecular formula is C22H27Cl2N5O. The summed E-state index contributed by atoms with van der Waals surface area (Å²) >= 11 is 6.15. The Morgan fingerprint density at radius 2 is 2.03 bits per heavy atom. The normalized spacial score (nSPS) is 18.4. The molecule has 4 aliphatic rings. The van der Waals surface area contributed by atoms with Gasteiger partial charge in [-0.2, -0.15) is 0 Å². The van der Waals surface area contributed by atoms with E-state index in [1.54, 1.807) is 0 Å². The van der Waals surface area contributed by atoms with E-state index in [9.17, 15) is 4.79 Å². The smallest absolute Gasteiger partial charge is 0.331 e. The van der Waals surface area contributed by atoms with E-state index in [0.717, 1.165) is 59.4 Å². The highest BCUT2D eigenvalue weighted by Crippen LogP contribution is 2.37. The highest BCUT2D eigenvalue weighted by molar-refractivity contribution is 6.30. The number of hydrogen-bond acceptors (Lipinski definition) is 4. The van der Waals surface area contributed by atoms with Crippen LogP contribution in [0.5, 0.6) is 0 Å². The highest BCUT2D eigenvalue weighted by Gasteiger charge is 2.33. The fraction of sp³-hybridized carbons (Fsp3) is 0.500. The Morgan fingerprint density at radius 1 is 1.23 bits per heavy atom. The summed E-state index contributed by atoms with van der Waals surface area (Å²) in [6, 6.07) is 8.05. The van der Waals surface area contributed by atoms with Gasteiger partial charge in [-0.1, -0.05) is 43.5 Å². The van der Waals surface area contributed by atoms with Gasteiger partial charge in [-0.15, -0.1) is 12.4 Å². The van der Waals surface area contributed by atoms with Gasteiger partial charge >= 0.3 is 5.69 Å². The quantitative estimate of drug-likeness (QED) is 0.613. The molecule has 3 heterocycles. The number of nitrogens with one attached hydrogen (secondary N) is 1. The van der Waals surface area contributed by atoms with E-state index in [0.29, 0.717) is 19.0 Å². The summed E-state index contributed by atoms with van der Waals surface area (Å²) < 4.78 is 3.66. The molecule has 1 fully saturated rings. The van der Waals surface area contributed by atoms with Gasteiger partial charge in [-0.3, -0.25) is 9.13 Å². The number of halogens is 2. The third-order valence-corrected chi connectivity index (χ3v) is 6.39. The minimum absolute atomic E-state index is 0. The van der Waals surface area contributed by atoms with Crippen molar-refractivity contribution in [1.82, 2.24) is 19.1 Å². The minimum atomic E-state index is 0. The third-order valence-electron chi connectivity index (χ3n) is 6.15. The molecule has 0 amide bonds. The molecule has 160 valence electrons. The van der Waals surface area contributed by atoms with Crippen molar-refractivity contribution in [2.75, 3.05) is 5.32 Å². The van der Waals surface area contributed by atoms with E-state index >= 15 is 0 Å². The first-order valence-electron chi connectivity index (χ1n) is 10.7. The summed E-state index contributed by atoms with van der Waals surface area (Å²) in [5, 5.41) is 4.30. The van der Waals surface area contributed by atoms with Gasteiger partial charge in [0.15, 0.2) is 5.82 Å². The minimum Gasteiger partial charge on any atom is -0.365 e. The lowest BCUT2D eigenvalue weighted by atomic mass is 10.1. The van der Waals surface area contributed by atoms with E-state index < -0.39 is 0 Å². The molecule has 1 aromatic carbocycles. The zero-order valence-electron chi connectivity index (χ0n) is 17.1. The second kappa shape index (κ2) is 8.60. The Bertz CT molecular complexity index is 1070. The third kappa shape index (κ3) is 3.71. The van der Waals surface area contributed by atoms with Crippen LogP contribution in [-0.4, -0.2) is 25.1 Å². The molecule has 1 aromatic rings. The molecule has 1 aliphatic carbocycles. The van der Waals surface area contributed by atoms with Gasteiger partial charge in [0.25, 0.3) is 0 Å². The second-order valence-corrected chi connectivity index (χ2v) is 8.74. The average Bonchev–Trinajstić information content (AvgIpc) is 3.43. The molecular weight excluding hydrogens is 421 g/mol. The Labute approximate surface area is 187 Å². The topological polar surface area (TPSA) is 64.7 Å². The molecule has 0 saturated heterocycles. The van der Waals surface area contributed by atoms with Gasteiger partial charge in [0, 0.05) is 30.1 Å². The molecule has 0 spiro atoms. The van der Waals surface area contributed by atoms with Gasteiger partial charge in [0.05, 0.1) is 0 Å². The van der Waals surface area contributed by atoms with Crippen molar-refractivity contribution in [3.8, 4) is 11.5 Å². The number of fused-ring (bicyclic) bond motifs is 3. The van der Waals surface area contributed by atoms with Gasteiger partial charge in [0.1, 0.15) is 17.3 Å². The molecule has 0 radical (unpaired) electrons. The van der Waals surface area contributed by atoms with Crippen molar-refractivity contribution >= 4 is 29.8 Å². The molecule has 1 saturated carbocycles. The maximum absolute atomic E-state index is 13.2. The number of aromatic nitrogens is 4. The Morgan fingerprint density at radius 3 is 2.77 bits per heavy atom. The molecule has 5 rings (SSSR count). The van der Waals surface area contributed by atoms with Gasteiger partial charge in [-0.25, -0.2) is 14.8 Å². The predicted octanol–water partition coefficient (Wildman–Crippen LogP) is 4.72. The lowest BCUT2D eigenvalue weighted by Crippen LogP contribution is -2.32. The highest BCUT2D eigenvalue weighted by atomic mass is 35.5. The van der Waals surface area contributed by atoms with Crippen molar-refractivity contribution in [1.29, 1.82) is 0 Å². The number of imidazole rings is 1. The lowest BCUT2D eigenvalue weighted by Gasteiger charge is -2.13. The predicted molar refractivity (Wildman–Crippen MR) is 122 cm³/mol. The second-order valence-electron chi connectivity index (χ2n) is 8.30. The van der Waals surface area contributed by atoms with Gasteiger partial charge < -0.3 is 5.32 Å². The Balaban J connectivity index is 0.00000218. The number of benzene rings is 1. The molecule has 0 aromatic heterocycles.